The predicted molar refractivity (Wildman–Crippen MR) is 358 cm³/mol. The molecule has 0 saturated carbocycles. The van der Waals surface area contributed by atoms with Crippen LogP contribution in [0.3, 0.4) is 0 Å². The summed E-state index contributed by atoms with van der Waals surface area (Å²) < 4.78 is 131. The Kier molecular flexibility index (Phi) is 8.70. The van der Waals surface area contributed by atoms with Crippen molar-refractivity contribution in [3.8, 4) is 61.7 Å². The lowest BCUT2D eigenvalue weighted by Crippen LogP contribution is -2.65. The van der Waals surface area contributed by atoms with Crippen LogP contribution in [0.4, 0.5) is 17.1 Å². The zero-order chi connectivity index (χ0) is 68.7. The Labute approximate surface area is 517 Å². The number of hydrogen-bond donors (Lipinski definition) is 0. The van der Waals surface area contributed by atoms with Crippen molar-refractivity contribution in [1.29, 1.82) is 0 Å². The molecule has 0 amide bonds. The van der Waals surface area contributed by atoms with Crippen LogP contribution >= 0.6 is 0 Å². The molecule has 0 aliphatic carbocycles. The molecule has 12 aromatic carbocycles. The predicted octanol–water partition coefficient (Wildman–Crippen LogP) is 19.1. The van der Waals surface area contributed by atoms with E-state index in [0.29, 0.717) is 50.7 Å². The molecule has 85 heavy (non-hydrogen) atoms. The summed E-state index contributed by atoms with van der Waals surface area (Å²) in [5, 5.41) is -0.154. The number of benzene rings is 12. The monoisotopic (exact) mass is 1100 g/mol. The molecular formula is C81H63BN2O. The van der Waals surface area contributed by atoms with Crippen LogP contribution in [-0.2, 0) is 16.2 Å². The average molecular weight is 1100 g/mol. The Morgan fingerprint density at radius 2 is 0.929 bits per heavy atom. The number of aromatic nitrogens is 1. The van der Waals surface area contributed by atoms with Crippen molar-refractivity contribution >= 4 is 62.0 Å². The molecule has 0 fully saturated rings. The van der Waals surface area contributed by atoms with Gasteiger partial charge in [0.15, 0.2) is 0 Å². The van der Waals surface area contributed by atoms with E-state index in [4.69, 9.17) is 11.6 Å². The summed E-state index contributed by atoms with van der Waals surface area (Å²) >= 11 is 0. The fourth-order valence-electron chi connectivity index (χ4n) is 13.8. The molecule has 4 heteroatoms. The number of para-hydroxylation sites is 5. The zero-order valence-corrected chi connectivity index (χ0v) is 47.9. The molecule has 0 radical (unpaired) electrons. The Balaban J connectivity index is 1.17. The molecule has 13 aromatic rings. The number of fused-ring (bicyclic) bond motifs is 13. The molecular weight excluding hydrogens is 1030 g/mol. The van der Waals surface area contributed by atoms with Gasteiger partial charge in [-0.2, -0.15) is 0 Å². The molecule has 4 heterocycles. The molecule has 3 aliphatic rings. The van der Waals surface area contributed by atoms with Crippen LogP contribution in [0.5, 0.6) is 11.5 Å². The molecule has 3 aliphatic heterocycles. The highest BCUT2D eigenvalue weighted by atomic mass is 16.5. The summed E-state index contributed by atoms with van der Waals surface area (Å²) in [7, 11) is 0. The minimum absolute atomic E-state index is 0.00861. The second kappa shape index (κ2) is 19.1. The number of hydrogen-bond acceptors (Lipinski definition) is 2. The maximum absolute atomic E-state index is 10.00. The first-order chi connectivity index (χ1) is 46.8. The van der Waals surface area contributed by atoms with Gasteiger partial charge in [-0.15, -0.1) is 0 Å². The lowest BCUT2D eigenvalue weighted by atomic mass is 9.29. The van der Waals surface area contributed by atoms with Crippen molar-refractivity contribution in [3.05, 3.63) is 306 Å². The fourth-order valence-corrected chi connectivity index (χ4v) is 13.8. The molecule has 406 valence electrons. The Morgan fingerprint density at radius 1 is 0.400 bits per heavy atom. The zero-order valence-electron chi connectivity index (χ0n) is 60.9. The average Bonchev–Trinajstić information content (AvgIpc) is 0.793. The summed E-state index contributed by atoms with van der Waals surface area (Å²) in [6.45, 7) is 12.7. The summed E-state index contributed by atoms with van der Waals surface area (Å²) in [5.41, 5.74) is 14.0. The molecule has 3 nitrogen and oxygen atoms in total. The van der Waals surface area contributed by atoms with Crippen LogP contribution in [0.2, 0.25) is 0 Å². The lowest BCUT2D eigenvalue weighted by Gasteiger charge is -2.50. The van der Waals surface area contributed by atoms with Crippen molar-refractivity contribution < 1.29 is 22.6 Å². The highest BCUT2D eigenvalue weighted by Gasteiger charge is 2.55. The van der Waals surface area contributed by atoms with Crippen molar-refractivity contribution in [3.63, 3.8) is 0 Å². The second-order valence-electron chi connectivity index (χ2n) is 24.6. The van der Waals surface area contributed by atoms with Gasteiger partial charge < -0.3 is 14.2 Å². The van der Waals surface area contributed by atoms with Crippen LogP contribution in [0.15, 0.2) is 273 Å². The normalized spacial score (nSPS) is 15.8. The van der Waals surface area contributed by atoms with E-state index in [1.165, 1.54) is 0 Å². The van der Waals surface area contributed by atoms with E-state index in [0.717, 1.165) is 72.3 Å². The third-order valence-corrected chi connectivity index (χ3v) is 17.7. The first-order valence-electron chi connectivity index (χ1n) is 35.4. The first-order valence-corrected chi connectivity index (χ1v) is 28.9. The maximum atomic E-state index is 10.00. The smallest absolute Gasteiger partial charge is 0.247 e. The van der Waals surface area contributed by atoms with Crippen LogP contribution in [0, 0.1) is 0 Å². The van der Waals surface area contributed by atoms with Gasteiger partial charge in [-0.25, -0.2) is 0 Å². The Morgan fingerprint density at radius 3 is 1.52 bits per heavy atom. The van der Waals surface area contributed by atoms with Crippen molar-refractivity contribution in [1.82, 2.24) is 4.57 Å². The molecule has 1 aromatic heterocycles. The molecule has 1 spiro atoms. The Hall–Kier alpha value is -9.90. The third kappa shape index (κ3) is 7.81. The molecule has 0 N–H and O–H groups in total. The molecule has 0 saturated heterocycles. The van der Waals surface area contributed by atoms with Crippen LogP contribution < -0.4 is 26.0 Å². The molecule has 0 atom stereocenters. The van der Waals surface area contributed by atoms with Gasteiger partial charge in [-0.05, 0) is 120 Å². The highest BCUT2D eigenvalue weighted by molar-refractivity contribution is 6.99. The molecule has 16 rings (SSSR count). The first kappa shape index (κ1) is 38.8. The van der Waals surface area contributed by atoms with Crippen molar-refractivity contribution in [2.24, 2.45) is 0 Å². The number of nitrogens with zero attached hydrogens (tertiary/aromatic N) is 2. The van der Waals surface area contributed by atoms with E-state index in [-0.39, 0.29) is 50.3 Å². The molecule has 0 bridgehead atoms. The van der Waals surface area contributed by atoms with Crippen LogP contribution in [0.1, 0.15) is 92.7 Å². The van der Waals surface area contributed by atoms with Gasteiger partial charge in [0.25, 0.3) is 0 Å². The van der Waals surface area contributed by atoms with Crippen LogP contribution in [0.25, 0.3) is 72.0 Å². The van der Waals surface area contributed by atoms with E-state index in [2.05, 4.69) is 125 Å². The summed E-state index contributed by atoms with van der Waals surface area (Å²) in [6.07, 6.45) is 0. The number of ether oxygens (including phenoxy) is 1. The summed E-state index contributed by atoms with van der Waals surface area (Å²) in [4.78, 5) is 2.34. The van der Waals surface area contributed by atoms with E-state index in [9.17, 15) is 11.0 Å². The topological polar surface area (TPSA) is 17.4 Å². The minimum Gasteiger partial charge on any atom is -0.457 e. The van der Waals surface area contributed by atoms with Gasteiger partial charge in [0.1, 0.15) is 11.5 Å². The van der Waals surface area contributed by atoms with E-state index in [1.54, 1.807) is 4.57 Å². The second-order valence-corrected chi connectivity index (χ2v) is 24.6. The fraction of sp³-hybridized carbons (Fsp3) is 0.111. The van der Waals surface area contributed by atoms with Gasteiger partial charge in [0, 0.05) is 50.1 Å². The van der Waals surface area contributed by atoms with Gasteiger partial charge in [0.2, 0.25) is 6.71 Å². The van der Waals surface area contributed by atoms with E-state index >= 15 is 0 Å². The van der Waals surface area contributed by atoms with Gasteiger partial charge in [-0.3, -0.25) is 0 Å². The number of anilines is 3. The number of rotatable bonds is 6. The Bertz CT molecular complexity index is 5400. The van der Waals surface area contributed by atoms with Crippen molar-refractivity contribution in [2.75, 3.05) is 4.90 Å². The van der Waals surface area contributed by atoms with E-state index in [1.807, 2.05) is 115 Å². The summed E-state index contributed by atoms with van der Waals surface area (Å²) in [6, 6.07) is 59.6. The highest BCUT2D eigenvalue weighted by Crippen LogP contribution is 2.59. The minimum atomic E-state index is -1.47. The maximum Gasteiger partial charge on any atom is 0.247 e. The van der Waals surface area contributed by atoms with Crippen molar-refractivity contribution in [2.45, 2.75) is 57.8 Å². The van der Waals surface area contributed by atoms with Gasteiger partial charge >= 0.3 is 0 Å². The SMILES string of the molecule is [2H]c1c([2H])c([2H])c(-c2ccc3c(c2)C2(c4ccccc4Oc4ccccc42)c2cc(-n4c5c([2H])c([2H])c([2H])c([2H])c5c5c([2H])c([2H])c([2H])c([2H])c54)cc4c2B3c2ccc(-c3cc(C(C)(C)C)cc(C(C)(C)C)c3)cc2N4c2c(-c3ccccc3)cccc2-c2ccccc2)c([2H])c1[2H]. The largest absolute Gasteiger partial charge is 0.457 e. The van der Waals surface area contributed by atoms with E-state index < -0.39 is 78.6 Å². The van der Waals surface area contributed by atoms with Crippen LogP contribution in [-0.4, -0.2) is 11.3 Å². The van der Waals surface area contributed by atoms with Gasteiger partial charge in [0.05, 0.1) is 40.0 Å². The standard InChI is InChI=1S/C81H63BN2O/c1-79(2,3)58-45-57(46-59(49-58)80(4,5)6)56-42-44-70-73(48-56)84(78-61(53-27-12-8-13-28-53)33-24-34-62(78)54-29-14-9-15-30-54)74-51-60(83-71-37-20-16-31-63(71)64-32-17-21-38-72(64)83)50-68-77(74)82(70)69-43-41-55(52-25-10-7-11-26-52)47-67(69)81(68)65-35-18-22-39-75(65)85-76-40-23-19-36-66(76)81/h7-51H,1-6H3/i7D,10D,11D,16D,17D,20D,21D,25D,26D,31D,32D,37D,38D. The quantitative estimate of drug-likeness (QED) is 0.154. The lowest BCUT2D eigenvalue weighted by molar-refractivity contribution is 0.435. The molecule has 0 unspecified atom stereocenters. The third-order valence-electron chi connectivity index (χ3n) is 17.7. The van der Waals surface area contributed by atoms with Gasteiger partial charge in [-0.1, -0.05) is 277 Å². The summed E-state index contributed by atoms with van der Waals surface area (Å²) in [5.74, 6) is 1.02.